The number of aliphatic hydroxyl groups excluding tert-OH is 3. The summed E-state index contributed by atoms with van der Waals surface area (Å²) in [6.45, 7) is -0.0170. The molecule has 0 fully saturated rings. The van der Waals surface area contributed by atoms with E-state index < -0.39 is 5.95 Å². The molecule has 0 aromatic heterocycles. The second kappa shape index (κ2) is 7.64. The van der Waals surface area contributed by atoms with Gasteiger partial charge in [0.2, 0.25) is 0 Å². The molecule has 0 radical (unpaired) electrons. The molecule has 0 aliphatic heterocycles. The van der Waals surface area contributed by atoms with Crippen LogP contribution >= 0.6 is 0 Å². The zero-order chi connectivity index (χ0) is 15.9. The minimum absolute atomic E-state index is 0.00850. The Morgan fingerprint density at radius 3 is 1.18 bits per heavy atom. The topological polar surface area (TPSA) is 80.9 Å². The molecule has 22 heavy (non-hydrogen) atoms. The minimum Gasteiger partial charge on any atom is -0.481 e. The average molecular weight is 300 g/mol. The maximum atomic E-state index is 9.49. The van der Waals surface area contributed by atoms with Gasteiger partial charge >= 0.3 is 0 Å². The fourth-order valence-electron chi connectivity index (χ4n) is 2.24. The summed E-state index contributed by atoms with van der Waals surface area (Å²) in [5.41, 5.74) is 4.05. The fraction of sp³-hybridized carbons (Fsp3) is 0.222. The second-order valence-electron chi connectivity index (χ2n) is 5.23. The van der Waals surface area contributed by atoms with E-state index in [-0.39, 0.29) is 13.2 Å². The number of benzene rings is 2. The first-order valence-electron chi connectivity index (χ1n) is 7.09. The van der Waals surface area contributed by atoms with E-state index in [9.17, 15) is 10.2 Å². The first kappa shape index (κ1) is 16.1. The Morgan fingerprint density at radius 2 is 0.909 bits per heavy atom. The van der Waals surface area contributed by atoms with Crippen molar-refractivity contribution >= 4 is 0 Å². The molecule has 0 bridgehead atoms. The molecule has 2 aromatic rings. The highest BCUT2D eigenvalue weighted by molar-refractivity contribution is 5.30. The molecule has 0 saturated heterocycles. The van der Waals surface area contributed by atoms with Crippen molar-refractivity contribution in [3.05, 3.63) is 82.3 Å². The van der Waals surface area contributed by atoms with Crippen LogP contribution in [0.4, 0.5) is 0 Å². The molecule has 2 aromatic carbocycles. The highest BCUT2D eigenvalue weighted by Gasteiger charge is 2.08. The van der Waals surface area contributed by atoms with E-state index in [0.29, 0.717) is 18.4 Å². The summed E-state index contributed by atoms with van der Waals surface area (Å²) in [5, 5.41) is 37.0. The van der Waals surface area contributed by atoms with E-state index >= 15 is 0 Å². The average Bonchev–Trinajstić information content (AvgIpc) is 2.55. The predicted octanol–water partition coefficient (Wildman–Crippen LogP) is 2.78. The lowest BCUT2D eigenvalue weighted by Crippen LogP contribution is -2.01. The summed E-state index contributed by atoms with van der Waals surface area (Å²) in [7, 11) is 0. The van der Waals surface area contributed by atoms with E-state index in [2.05, 4.69) is 0 Å². The van der Waals surface area contributed by atoms with Crippen LogP contribution in [0.2, 0.25) is 0 Å². The van der Waals surface area contributed by atoms with Crippen LogP contribution in [0.5, 0.6) is 0 Å². The Kier molecular flexibility index (Phi) is 5.58. The number of rotatable bonds is 6. The summed E-state index contributed by atoms with van der Waals surface area (Å²) < 4.78 is 0. The molecule has 0 atom stereocenters. The molecule has 2 rings (SSSR count). The summed E-state index contributed by atoms with van der Waals surface area (Å²) in [5.74, 6) is -0.655. The smallest absolute Gasteiger partial charge is 0.273 e. The third kappa shape index (κ3) is 4.35. The quantitative estimate of drug-likeness (QED) is 0.618. The molecule has 0 unspecified atom stereocenters. The van der Waals surface area contributed by atoms with Gasteiger partial charge in [-0.25, -0.2) is 0 Å². The minimum atomic E-state index is -0.655. The Labute approximate surface area is 129 Å². The zero-order valence-corrected chi connectivity index (χ0v) is 12.2. The van der Waals surface area contributed by atoms with E-state index in [1.165, 1.54) is 0 Å². The van der Waals surface area contributed by atoms with Gasteiger partial charge in [-0.05, 0) is 22.3 Å². The first-order valence-corrected chi connectivity index (χ1v) is 7.09. The third-order valence-electron chi connectivity index (χ3n) is 3.56. The van der Waals surface area contributed by atoms with Gasteiger partial charge in [-0.2, -0.15) is 0 Å². The van der Waals surface area contributed by atoms with Crippen molar-refractivity contribution in [2.45, 2.75) is 26.1 Å². The number of hydrogen-bond acceptors (Lipinski definition) is 4. The highest BCUT2D eigenvalue weighted by atomic mass is 16.5. The van der Waals surface area contributed by atoms with Gasteiger partial charge in [-0.15, -0.1) is 0 Å². The van der Waals surface area contributed by atoms with Gasteiger partial charge in [0.25, 0.3) is 5.95 Å². The molecule has 116 valence electrons. The van der Waals surface area contributed by atoms with Gasteiger partial charge in [-0.1, -0.05) is 48.5 Å². The Hall–Kier alpha value is -2.30. The van der Waals surface area contributed by atoms with E-state index in [1.807, 2.05) is 48.5 Å². The van der Waals surface area contributed by atoms with Gasteiger partial charge in [0.1, 0.15) is 0 Å². The van der Waals surface area contributed by atoms with Crippen molar-refractivity contribution in [3.8, 4) is 0 Å². The fourth-order valence-corrected chi connectivity index (χ4v) is 2.24. The Morgan fingerprint density at radius 1 is 0.591 bits per heavy atom. The van der Waals surface area contributed by atoms with Gasteiger partial charge in [0.15, 0.2) is 0 Å². The molecule has 0 aliphatic carbocycles. The highest BCUT2D eigenvalue weighted by Crippen LogP contribution is 2.17. The van der Waals surface area contributed by atoms with E-state index in [0.717, 1.165) is 22.3 Å². The van der Waals surface area contributed by atoms with Crippen LogP contribution in [0.3, 0.4) is 0 Å². The first-order chi connectivity index (χ1) is 10.6. The normalized spacial score (nSPS) is 10.5. The Bertz CT molecular complexity index is 572. The third-order valence-corrected chi connectivity index (χ3v) is 3.56. The molecule has 4 nitrogen and oxygen atoms in total. The summed E-state index contributed by atoms with van der Waals surface area (Å²) in [6.07, 6.45) is 0.853. The van der Waals surface area contributed by atoms with Crippen LogP contribution < -0.4 is 0 Å². The molecule has 4 N–H and O–H groups in total. The SMILES string of the molecule is OCc1ccc(CC(Cc2ccc(CO)cc2)=C(O)O)cc1. The van der Waals surface area contributed by atoms with Gasteiger partial charge in [0, 0.05) is 18.4 Å². The predicted molar refractivity (Wildman–Crippen MR) is 84.4 cm³/mol. The lowest BCUT2D eigenvalue weighted by atomic mass is 9.97. The van der Waals surface area contributed by atoms with Crippen molar-refractivity contribution in [1.29, 1.82) is 0 Å². The number of allylic oxidation sites excluding steroid dienone is 1. The standard InChI is InChI=1S/C18H20O4/c19-11-15-5-1-13(2-6-15)9-17(18(21)22)10-14-3-7-16(12-20)8-4-14/h1-8,19-22H,9-12H2. The number of hydrogen-bond donors (Lipinski definition) is 4. The molecule has 0 spiro atoms. The number of aliphatic hydroxyl groups is 4. The van der Waals surface area contributed by atoms with Crippen LogP contribution in [-0.2, 0) is 26.1 Å². The van der Waals surface area contributed by atoms with Crippen molar-refractivity contribution in [2.75, 3.05) is 0 Å². The van der Waals surface area contributed by atoms with E-state index in [1.54, 1.807) is 0 Å². The lowest BCUT2D eigenvalue weighted by molar-refractivity contribution is 0.183. The molecule has 0 heterocycles. The van der Waals surface area contributed by atoms with Crippen LogP contribution in [-0.4, -0.2) is 20.4 Å². The van der Waals surface area contributed by atoms with Gasteiger partial charge in [0.05, 0.1) is 13.2 Å². The van der Waals surface area contributed by atoms with Crippen LogP contribution in [0.25, 0.3) is 0 Å². The maximum Gasteiger partial charge on any atom is 0.273 e. The van der Waals surface area contributed by atoms with Crippen LogP contribution in [0, 0.1) is 0 Å². The Balaban J connectivity index is 2.11. The van der Waals surface area contributed by atoms with Crippen LogP contribution in [0.1, 0.15) is 22.3 Å². The summed E-state index contributed by atoms with van der Waals surface area (Å²) >= 11 is 0. The monoisotopic (exact) mass is 300 g/mol. The van der Waals surface area contributed by atoms with Gasteiger partial charge in [-0.3, -0.25) is 0 Å². The van der Waals surface area contributed by atoms with Crippen LogP contribution in [0.15, 0.2) is 60.0 Å². The summed E-state index contributed by atoms with van der Waals surface area (Å²) in [6, 6.07) is 14.7. The van der Waals surface area contributed by atoms with Gasteiger partial charge < -0.3 is 20.4 Å². The van der Waals surface area contributed by atoms with Crippen molar-refractivity contribution in [2.24, 2.45) is 0 Å². The molecule has 4 heteroatoms. The molecular formula is C18H20O4. The zero-order valence-electron chi connectivity index (χ0n) is 12.2. The van der Waals surface area contributed by atoms with E-state index in [4.69, 9.17) is 10.2 Å². The molecular weight excluding hydrogens is 280 g/mol. The molecule has 0 saturated carbocycles. The maximum absolute atomic E-state index is 9.49. The molecule has 0 amide bonds. The van der Waals surface area contributed by atoms with Crippen molar-refractivity contribution in [1.82, 2.24) is 0 Å². The molecule has 0 aliphatic rings. The lowest BCUT2D eigenvalue weighted by Gasteiger charge is -2.09. The van der Waals surface area contributed by atoms with Crippen molar-refractivity contribution in [3.63, 3.8) is 0 Å². The summed E-state index contributed by atoms with van der Waals surface area (Å²) in [4.78, 5) is 0. The largest absolute Gasteiger partial charge is 0.481 e. The van der Waals surface area contributed by atoms with Crippen molar-refractivity contribution < 1.29 is 20.4 Å². The second-order valence-corrected chi connectivity index (χ2v) is 5.23.